The summed E-state index contributed by atoms with van der Waals surface area (Å²) in [6, 6.07) is 0. The van der Waals surface area contributed by atoms with Crippen LogP contribution in [0.1, 0.15) is 4.28 Å². The van der Waals surface area contributed by atoms with Gasteiger partial charge in [0.15, 0.2) is 0 Å². The van der Waals surface area contributed by atoms with E-state index in [0.717, 1.165) is 0 Å². The first kappa shape index (κ1) is 25.7. The van der Waals surface area contributed by atoms with Gasteiger partial charge in [-0.15, -0.1) is 48.0 Å². The van der Waals surface area contributed by atoms with Crippen molar-refractivity contribution in [1.82, 2.24) is 0 Å². The van der Waals surface area contributed by atoms with Crippen LogP contribution in [0.15, 0.2) is 0 Å². The summed E-state index contributed by atoms with van der Waals surface area (Å²) in [6.07, 6.45) is 0. The molecular formula is H5I2LiSr. The predicted molar refractivity (Wildman–Crippen MR) is 39.9 cm³/mol. The smallest absolute Gasteiger partial charge is 1.00 e. The molecule has 0 saturated carbocycles. The summed E-state index contributed by atoms with van der Waals surface area (Å²) in [6.45, 7) is 0. The first-order chi connectivity index (χ1) is 0. The number of hydrogen-bond acceptors (Lipinski definition) is 0. The molecule has 0 aromatic heterocycles. The molecule has 0 fully saturated rings. The van der Waals surface area contributed by atoms with E-state index >= 15 is 0 Å². The Morgan fingerprint density at radius 1 is 1.00 bits per heavy atom. The van der Waals surface area contributed by atoms with Crippen molar-refractivity contribution in [3.8, 4) is 0 Å². The maximum Gasteiger partial charge on any atom is 2.00 e. The minimum absolute atomic E-state index is 0. The molecule has 4 heteroatoms. The van der Waals surface area contributed by atoms with Gasteiger partial charge in [-0.3, -0.25) is 0 Å². The maximum absolute atomic E-state index is 0. The Kier molecular flexibility index (Phi) is 103. The van der Waals surface area contributed by atoms with Crippen molar-refractivity contribution in [3.63, 3.8) is 0 Å². The summed E-state index contributed by atoms with van der Waals surface area (Å²) < 4.78 is 0. The summed E-state index contributed by atoms with van der Waals surface area (Å²) in [4.78, 5) is 0. The van der Waals surface area contributed by atoms with E-state index < -0.39 is 0 Å². The molecule has 0 spiro atoms. The fourth-order valence-electron chi connectivity index (χ4n) is 0. The average molecular weight is 353 g/mol. The largest absolute Gasteiger partial charge is 2.00 e. The molecule has 0 N–H and O–H groups in total. The molecule has 0 radical (unpaired) electrons. The molecule has 0 amide bonds. The molecule has 0 heterocycles. The van der Waals surface area contributed by atoms with Gasteiger partial charge in [0.1, 0.15) is 0 Å². The van der Waals surface area contributed by atoms with Gasteiger partial charge in [0.05, 0.1) is 0 Å². The van der Waals surface area contributed by atoms with Crippen LogP contribution in [0.25, 0.3) is 0 Å². The molecular weight excluding hydrogens is 348 g/mol. The van der Waals surface area contributed by atoms with Crippen molar-refractivity contribution in [1.29, 1.82) is 0 Å². The van der Waals surface area contributed by atoms with E-state index in [9.17, 15) is 0 Å². The first-order valence-corrected chi connectivity index (χ1v) is 0. The van der Waals surface area contributed by atoms with Crippen molar-refractivity contribution in [3.05, 3.63) is 0 Å². The van der Waals surface area contributed by atoms with Gasteiger partial charge in [-0.05, 0) is 0 Å². The van der Waals surface area contributed by atoms with Crippen LogP contribution in [-0.2, 0) is 0 Å². The Morgan fingerprint density at radius 3 is 1.00 bits per heavy atom. The van der Waals surface area contributed by atoms with Gasteiger partial charge in [0.25, 0.3) is 0 Å². The summed E-state index contributed by atoms with van der Waals surface area (Å²) in [7, 11) is 0. The molecule has 0 bridgehead atoms. The van der Waals surface area contributed by atoms with Crippen LogP contribution in [0.3, 0.4) is 0 Å². The van der Waals surface area contributed by atoms with Crippen LogP contribution >= 0.6 is 48.0 Å². The minimum Gasteiger partial charge on any atom is -1.00 e. The molecule has 0 aliphatic heterocycles. The Labute approximate surface area is 114 Å². The van der Waals surface area contributed by atoms with Crippen LogP contribution < -0.4 is 18.9 Å². The summed E-state index contributed by atoms with van der Waals surface area (Å²) in [5, 5.41) is 0. The molecule has 4 heavy (non-hydrogen) atoms. The summed E-state index contributed by atoms with van der Waals surface area (Å²) in [5.74, 6) is 0. The predicted octanol–water partition coefficient (Wildman–Crippen LogP) is -1.80. The Balaban J connectivity index is 0. The number of rotatable bonds is 0. The normalized spacial score (nSPS) is 0. The van der Waals surface area contributed by atoms with E-state index in [2.05, 4.69) is 0 Å². The zero-order valence-electron chi connectivity index (χ0n) is 5.52. The first-order valence-electron chi connectivity index (χ1n) is 0. The average Bonchev–Trinajstić information content (AvgIpc) is 0. The number of hydrogen-bond donors (Lipinski definition) is 0. The Hall–Kier alpha value is 3.54. The quantitative estimate of drug-likeness (QED) is 0.356. The zero-order valence-corrected chi connectivity index (χ0v) is 10.7. The van der Waals surface area contributed by atoms with Crippen LogP contribution in [0.5, 0.6) is 0 Å². The van der Waals surface area contributed by atoms with Crippen LogP contribution in [-0.4, -0.2) is 45.5 Å². The third kappa shape index (κ3) is 9.11. The second kappa shape index (κ2) is 16.0. The van der Waals surface area contributed by atoms with Crippen molar-refractivity contribution >= 4 is 93.4 Å². The van der Waals surface area contributed by atoms with Gasteiger partial charge in [-0.1, -0.05) is 0 Å². The van der Waals surface area contributed by atoms with Crippen molar-refractivity contribution in [2.45, 2.75) is 0 Å². The van der Waals surface area contributed by atoms with Crippen molar-refractivity contribution in [2.75, 3.05) is 0 Å². The molecule has 0 rings (SSSR count). The van der Waals surface area contributed by atoms with Gasteiger partial charge in [-0.25, -0.2) is 0 Å². The van der Waals surface area contributed by atoms with Crippen molar-refractivity contribution < 1.29 is 23.1 Å². The maximum atomic E-state index is 0. The Morgan fingerprint density at radius 2 is 1.00 bits per heavy atom. The molecule has 0 saturated heterocycles. The van der Waals surface area contributed by atoms with Gasteiger partial charge >= 0.3 is 64.3 Å². The fraction of sp³-hybridized carbons (Fsp3) is 0. The molecule has 0 aliphatic carbocycles. The van der Waals surface area contributed by atoms with Gasteiger partial charge in [-0.2, -0.15) is 0 Å². The van der Waals surface area contributed by atoms with Gasteiger partial charge in [0.2, 0.25) is 0 Å². The molecule has 0 aromatic rings. The second-order valence-electron chi connectivity index (χ2n) is 0. The standard InChI is InChI=1S/2HI.Li.Sr.3H/h2*1H;;;;;/q;;+1;+2;3*-1. The zero-order chi connectivity index (χ0) is 0. The van der Waals surface area contributed by atoms with Gasteiger partial charge < -0.3 is 4.28 Å². The van der Waals surface area contributed by atoms with Crippen LogP contribution in [0, 0.1) is 0 Å². The molecule has 0 nitrogen and oxygen atoms in total. The third-order valence-electron chi connectivity index (χ3n) is 0. The van der Waals surface area contributed by atoms with E-state index in [1.807, 2.05) is 0 Å². The van der Waals surface area contributed by atoms with Crippen molar-refractivity contribution in [2.24, 2.45) is 0 Å². The molecule has 22 valence electrons. The molecule has 0 aliphatic rings. The molecule has 0 unspecified atom stereocenters. The SMILES string of the molecule is I.I.[H-].[H-].[H-].[Li+].[Sr+2]. The second-order valence-corrected chi connectivity index (χ2v) is 0. The summed E-state index contributed by atoms with van der Waals surface area (Å²) in [5.41, 5.74) is 0. The van der Waals surface area contributed by atoms with Crippen LogP contribution in [0.4, 0.5) is 0 Å². The fourth-order valence-corrected chi connectivity index (χ4v) is 0. The van der Waals surface area contributed by atoms with E-state index in [-0.39, 0.29) is 117 Å². The van der Waals surface area contributed by atoms with E-state index in [1.54, 1.807) is 0 Å². The van der Waals surface area contributed by atoms with E-state index in [4.69, 9.17) is 0 Å². The third-order valence-corrected chi connectivity index (χ3v) is 0. The minimum atomic E-state index is 0. The molecule has 0 aromatic carbocycles. The monoisotopic (exact) mass is 354 g/mol. The van der Waals surface area contributed by atoms with Gasteiger partial charge in [0, 0.05) is 0 Å². The van der Waals surface area contributed by atoms with E-state index in [0.29, 0.717) is 0 Å². The summed E-state index contributed by atoms with van der Waals surface area (Å²) >= 11 is 0. The van der Waals surface area contributed by atoms with Crippen LogP contribution in [0.2, 0.25) is 0 Å². The molecule has 0 atom stereocenters. The number of halogens is 2. The van der Waals surface area contributed by atoms with E-state index in [1.165, 1.54) is 0 Å². The topological polar surface area (TPSA) is 0 Å². The Bertz CT molecular complexity index is 12.9.